The zero-order chi connectivity index (χ0) is 23.7. The fourth-order valence-corrected chi connectivity index (χ4v) is 3.80. The average molecular weight is 460 g/mol. The molecule has 0 atom stereocenters. The number of anilines is 1. The first-order valence-electron chi connectivity index (χ1n) is 10.5. The fraction of sp³-hybridized carbons (Fsp3) is 0.0769. The summed E-state index contributed by atoms with van der Waals surface area (Å²) in [7, 11) is 0. The summed E-state index contributed by atoms with van der Waals surface area (Å²) in [5.74, 6) is -0.266. The molecule has 1 N–H and O–H groups in total. The number of hydrogen-bond donors (Lipinski definition) is 1. The van der Waals surface area contributed by atoms with Crippen molar-refractivity contribution in [3.8, 4) is 11.4 Å². The molecule has 4 aromatic carbocycles. The molecule has 0 aliphatic carbocycles. The van der Waals surface area contributed by atoms with Crippen LogP contribution in [0.5, 0.6) is 5.75 Å². The van der Waals surface area contributed by atoms with Gasteiger partial charge in [0.2, 0.25) is 0 Å². The van der Waals surface area contributed by atoms with Crippen molar-refractivity contribution in [3.63, 3.8) is 0 Å². The maximum atomic E-state index is 12.4. The third-order valence-electron chi connectivity index (χ3n) is 5.45. The maximum absolute atomic E-state index is 12.4. The van der Waals surface area contributed by atoms with E-state index in [1.54, 1.807) is 24.7 Å². The standard InChI is InChI=1S/C26H19F3N4O/c1-17-4-2-3-5-23(17)32-31-15-18-6-12-22-19(14-18)7-13-24-25(22)30-16-33(24)20-8-10-21(11-9-20)34-26(27,28)29/h2-16,32H,1H3/b31-15+. The van der Waals surface area contributed by atoms with Crippen LogP contribution in [0.3, 0.4) is 0 Å². The average Bonchev–Trinajstić information content (AvgIpc) is 3.24. The van der Waals surface area contributed by atoms with Crippen LogP contribution in [-0.4, -0.2) is 22.1 Å². The highest BCUT2D eigenvalue weighted by Crippen LogP contribution is 2.28. The molecule has 0 bridgehead atoms. The Labute approximate surface area is 193 Å². The summed E-state index contributed by atoms with van der Waals surface area (Å²) in [6.45, 7) is 2.02. The van der Waals surface area contributed by atoms with E-state index in [2.05, 4.69) is 20.2 Å². The third kappa shape index (κ3) is 4.43. The molecule has 0 spiro atoms. The Morgan fingerprint density at radius 3 is 2.53 bits per heavy atom. The summed E-state index contributed by atoms with van der Waals surface area (Å²) < 4.78 is 43.0. The molecule has 0 saturated carbocycles. The van der Waals surface area contributed by atoms with Crippen molar-refractivity contribution >= 4 is 33.7 Å². The van der Waals surface area contributed by atoms with E-state index in [0.29, 0.717) is 5.69 Å². The first kappa shape index (κ1) is 21.5. The van der Waals surface area contributed by atoms with Gasteiger partial charge in [0.05, 0.1) is 22.9 Å². The number of para-hydroxylation sites is 1. The first-order chi connectivity index (χ1) is 16.4. The minimum Gasteiger partial charge on any atom is -0.406 e. The van der Waals surface area contributed by atoms with Crippen molar-refractivity contribution in [2.24, 2.45) is 5.10 Å². The molecule has 1 heterocycles. The van der Waals surface area contributed by atoms with E-state index in [-0.39, 0.29) is 5.75 Å². The summed E-state index contributed by atoms with van der Waals surface area (Å²) in [6.07, 6.45) is -1.30. The van der Waals surface area contributed by atoms with E-state index in [9.17, 15) is 13.2 Å². The van der Waals surface area contributed by atoms with Crippen molar-refractivity contribution in [1.82, 2.24) is 9.55 Å². The Morgan fingerprint density at radius 1 is 0.971 bits per heavy atom. The van der Waals surface area contributed by atoms with Gasteiger partial charge in [-0.15, -0.1) is 13.2 Å². The monoisotopic (exact) mass is 460 g/mol. The second-order valence-electron chi connectivity index (χ2n) is 7.76. The molecule has 0 aliphatic heterocycles. The number of aryl methyl sites for hydroxylation is 1. The predicted molar refractivity (Wildman–Crippen MR) is 128 cm³/mol. The van der Waals surface area contributed by atoms with Crippen LogP contribution in [0.15, 0.2) is 90.3 Å². The highest BCUT2D eigenvalue weighted by Gasteiger charge is 2.31. The molecule has 1 aromatic heterocycles. The van der Waals surface area contributed by atoms with Crippen LogP contribution in [0.2, 0.25) is 0 Å². The molecule has 5 aromatic rings. The fourth-order valence-electron chi connectivity index (χ4n) is 3.80. The van der Waals surface area contributed by atoms with Gasteiger partial charge >= 0.3 is 6.36 Å². The molecule has 34 heavy (non-hydrogen) atoms. The van der Waals surface area contributed by atoms with Crippen LogP contribution in [-0.2, 0) is 0 Å². The van der Waals surface area contributed by atoms with Crippen LogP contribution in [0.1, 0.15) is 11.1 Å². The zero-order valence-corrected chi connectivity index (χ0v) is 18.0. The van der Waals surface area contributed by atoms with Gasteiger partial charge in [-0.3, -0.25) is 9.99 Å². The van der Waals surface area contributed by atoms with E-state index in [1.807, 2.05) is 66.1 Å². The van der Waals surface area contributed by atoms with Crippen molar-refractivity contribution in [2.45, 2.75) is 13.3 Å². The van der Waals surface area contributed by atoms with E-state index in [4.69, 9.17) is 0 Å². The zero-order valence-electron chi connectivity index (χ0n) is 18.0. The van der Waals surface area contributed by atoms with Gasteiger partial charge in [0.15, 0.2) is 0 Å². The van der Waals surface area contributed by atoms with E-state index in [0.717, 1.165) is 38.6 Å². The quantitative estimate of drug-likeness (QED) is 0.231. The van der Waals surface area contributed by atoms with Gasteiger partial charge in [-0.2, -0.15) is 5.10 Å². The van der Waals surface area contributed by atoms with Gasteiger partial charge in [-0.25, -0.2) is 4.98 Å². The topological polar surface area (TPSA) is 51.4 Å². The molecular formula is C26H19F3N4O. The Morgan fingerprint density at radius 2 is 1.76 bits per heavy atom. The van der Waals surface area contributed by atoms with Crippen LogP contribution < -0.4 is 10.2 Å². The van der Waals surface area contributed by atoms with E-state index < -0.39 is 6.36 Å². The van der Waals surface area contributed by atoms with Crippen molar-refractivity contribution in [3.05, 3.63) is 96.3 Å². The number of ether oxygens (including phenoxy) is 1. The molecule has 0 aliphatic rings. The smallest absolute Gasteiger partial charge is 0.406 e. The highest BCUT2D eigenvalue weighted by molar-refractivity contribution is 6.06. The number of rotatable bonds is 5. The second kappa shape index (κ2) is 8.55. The summed E-state index contributed by atoms with van der Waals surface area (Å²) in [5, 5.41) is 6.32. The number of aromatic nitrogens is 2. The Balaban J connectivity index is 1.41. The summed E-state index contributed by atoms with van der Waals surface area (Å²) in [5.41, 5.74) is 8.39. The molecule has 0 radical (unpaired) electrons. The van der Waals surface area contributed by atoms with Gasteiger partial charge in [0.1, 0.15) is 12.1 Å². The Hall–Kier alpha value is -4.33. The third-order valence-corrected chi connectivity index (χ3v) is 5.45. The lowest BCUT2D eigenvalue weighted by Crippen LogP contribution is -2.17. The molecule has 0 saturated heterocycles. The molecule has 0 unspecified atom stereocenters. The number of imidazole rings is 1. The Bertz CT molecular complexity index is 1500. The normalized spacial score (nSPS) is 12.0. The van der Waals surface area contributed by atoms with Gasteiger partial charge in [-0.05, 0) is 65.9 Å². The number of alkyl halides is 3. The van der Waals surface area contributed by atoms with Gasteiger partial charge in [0, 0.05) is 11.1 Å². The first-order valence-corrected chi connectivity index (χ1v) is 10.5. The van der Waals surface area contributed by atoms with Crippen LogP contribution in [0.25, 0.3) is 27.5 Å². The predicted octanol–water partition coefficient (Wildman–Crippen LogP) is 6.83. The second-order valence-corrected chi connectivity index (χ2v) is 7.76. The van der Waals surface area contributed by atoms with E-state index >= 15 is 0 Å². The van der Waals surface area contributed by atoms with Crippen LogP contribution >= 0.6 is 0 Å². The lowest BCUT2D eigenvalue weighted by molar-refractivity contribution is -0.274. The van der Waals surface area contributed by atoms with Crippen molar-refractivity contribution in [2.75, 3.05) is 5.43 Å². The van der Waals surface area contributed by atoms with Gasteiger partial charge < -0.3 is 4.74 Å². The van der Waals surface area contributed by atoms with Crippen LogP contribution in [0.4, 0.5) is 18.9 Å². The minimum atomic E-state index is -4.72. The maximum Gasteiger partial charge on any atom is 0.573 e. The summed E-state index contributed by atoms with van der Waals surface area (Å²) in [4.78, 5) is 4.55. The lowest BCUT2D eigenvalue weighted by Gasteiger charge is -2.10. The van der Waals surface area contributed by atoms with Crippen molar-refractivity contribution < 1.29 is 17.9 Å². The minimum absolute atomic E-state index is 0.266. The largest absolute Gasteiger partial charge is 0.573 e. The molecule has 5 nitrogen and oxygen atoms in total. The van der Waals surface area contributed by atoms with Crippen molar-refractivity contribution in [1.29, 1.82) is 0 Å². The number of nitrogens with zero attached hydrogens (tertiary/aromatic N) is 3. The van der Waals surface area contributed by atoms with Crippen LogP contribution in [0, 0.1) is 6.92 Å². The Kier molecular flexibility index (Phi) is 5.41. The molecule has 0 fully saturated rings. The highest BCUT2D eigenvalue weighted by atomic mass is 19.4. The number of hydrogen-bond acceptors (Lipinski definition) is 4. The molecule has 0 amide bonds. The van der Waals surface area contributed by atoms with E-state index in [1.165, 1.54) is 12.1 Å². The molecule has 8 heteroatoms. The summed E-state index contributed by atoms with van der Waals surface area (Å²) in [6, 6.07) is 23.5. The number of nitrogens with one attached hydrogen (secondary N) is 1. The number of hydrazone groups is 1. The molecule has 5 rings (SSSR count). The SMILES string of the molecule is Cc1ccccc1N/N=C/c1ccc2c(ccc3c2ncn3-c2ccc(OC(F)(F)F)cc2)c1. The van der Waals surface area contributed by atoms with Gasteiger partial charge in [-0.1, -0.05) is 36.4 Å². The summed E-state index contributed by atoms with van der Waals surface area (Å²) >= 11 is 0. The number of benzene rings is 4. The molecular weight excluding hydrogens is 441 g/mol. The number of halogens is 3. The lowest BCUT2D eigenvalue weighted by atomic mass is 10.1. The van der Waals surface area contributed by atoms with Gasteiger partial charge in [0.25, 0.3) is 0 Å². The number of fused-ring (bicyclic) bond motifs is 3. The molecule has 170 valence electrons.